The van der Waals surface area contributed by atoms with Crippen LogP contribution in [-0.4, -0.2) is 15.0 Å². The molecule has 0 saturated heterocycles. The Morgan fingerprint density at radius 3 is 2.65 bits per heavy atom. The zero-order chi connectivity index (χ0) is 18.2. The third-order valence-electron chi connectivity index (χ3n) is 5.03. The molecule has 4 heteroatoms. The Kier molecular flexibility index (Phi) is 6.53. The van der Waals surface area contributed by atoms with Gasteiger partial charge in [-0.1, -0.05) is 32.3 Å². The van der Waals surface area contributed by atoms with E-state index in [-0.39, 0.29) is 0 Å². The van der Waals surface area contributed by atoms with Crippen LogP contribution in [0.2, 0.25) is 0 Å². The van der Waals surface area contributed by atoms with Crippen LogP contribution < -0.4 is 5.73 Å². The van der Waals surface area contributed by atoms with E-state index in [1.54, 1.807) is 6.20 Å². The minimum absolute atomic E-state index is 0.594. The summed E-state index contributed by atoms with van der Waals surface area (Å²) >= 11 is 0. The van der Waals surface area contributed by atoms with E-state index >= 15 is 0 Å². The Labute approximate surface area is 155 Å². The summed E-state index contributed by atoms with van der Waals surface area (Å²) < 4.78 is 0. The van der Waals surface area contributed by atoms with Crippen molar-refractivity contribution in [3.63, 3.8) is 0 Å². The normalized spacial score (nSPS) is 12.3. The smallest absolute Gasteiger partial charge is 0.159 e. The maximum absolute atomic E-state index is 5.68. The molecule has 0 aromatic carbocycles. The lowest BCUT2D eigenvalue weighted by atomic mass is 9.92. The van der Waals surface area contributed by atoms with Crippen molar-refractivity contribution in [2.24, 2.45) is 0 Å². The molecule has 3 rings (SSSR count). The van der Waals surface area contributed by atoms with Gasteiger partial charge in [0.2, 0.25) is 0 Å². The first-order valence-corrected chi connectivity index (χ1v) is 9.68. The van der Waals surface area contributed by atoms with Gasteiger partial charge in [-0.2, -0.15) is 0 Å². The van der Waals surface area contributed by atoms with Crippen molar-refractivity contribution in [1.82, 2.24) is 15.0 Å². The van der Waals surface area contributed by atoms with Crippen molar-refractivity contribution in [3.8, 4) is 0 Å². The molecule has 0 amide bonds. The third kappa shape index (κ3) is 5.01. The fourth-order valence-corrected chi connectivity index (χ4v) is 3.45. The number of nitrogen functional groups attached to an aromatic ring is 1. The predicted molar refractivity (Wildman–Crippen MR) is 108 cm³/mol. The molecule has 3 aromatic rings. The van der Waals surface area contributed by atoms with Crippen LogP contribution in [0, 0.1) is 0 Å². The van der Waals surface area contributed by atoms with Gasteiger partial charge in [-0.3, -0.25) is 0 Å². The molecule has 0 fully saturated rings. The predicted octanol–water partition coefficient (Wildman–Crippen LogP) is 5.29. The van der Waals surface area contributed by atoms with E-state index in [0.717, 1.165) is 29.6 Å². The van der Waals surface area contributed by atoms with Crippen LogP contribution >= 0.6 is 0 Å². The Hall–Kier alpha value is -2.49. The van der Waals surface area contributed by atoms with Crippen LogP contribution in [0.4, 0.5) is 5.82 Å². The molecule has 26 heavy (non-hydrogen) atoms. The number of fused-ring (bicyclic) bond motifs is 1. The van der Waals surface area contributed by atoms with Crippen LogP contribution in [0.5, 0.6) is 0 Å². The highest BCUT2D eigenvalue weighted by molar-refractivity contribution is 5.74. The van der Waals surface area contributed by atoms with Crippen LogP contribution in [0.1, 0.15) is 62.6 Å². The van der Waals surface area contributed by atoms with Crippen molar-refractivity contribution in [2.45, 2.75) is 57.8 Å². The average Bonchev–Trinajstić information content (AvgIpc) is 2.68. The quantitative estimate of drug-likeness (QED) is 0.533. The maximum Gasteiger partial charge on any atom is 0.159 e. The molecule has 0 saturated carbocycles. The Morgan fingerprint density at radius 2 is 1.85 bits per heavy atom. The highest BCUT2D eigenvalue weighted by Crippen LogP contribution is 2.25. The second-order valence-corrected chi connectivity index (χ2v) is 6.93. The van der Waals surface area contributed by atoms with Crippen LogP contribution in [0.15, 0.2) is 48.8 Å². The Balaban J connectivity index is 1.38. The van der Waals surface area contributed by atoms with Crippen LogP contribution in [0.3, 0.4) is 0 Å². The molecular weight excluding hydrogens is 320 g/mol. The van der Waals surface area contributed by atoms with Crippen molar-refractivity contribution in [1.29, 1.82) is 0 Å². The minimum atomic E-state index is 0.594. The van der Waals surface area contributed by atoms with Gasteiger partial charge in [-0.05, 0) is 67.5 Å². The maximum atomic E-state index is 5.68. The molecular formula is C22H28N4. The molecule has 0 bridgehead atoms. The van der Waals surface area contributed by atoms with Gasteiger partial charge >= 0.3 is 0 Å². The summed E-state index contributed by atoms with van der Waals surface area (Å²) in [4.78, 5) is 13.2. The second kappa shape index (κ2) is 9.27. The molecule has 0 spiro atoms. The zero-order valence-electron chi connectivity index (χ0n) is 15.6. The Morgan fingerprint density at radius 1 is 0.962 bits per heavy atom. The molecule has 1 unspecified atom stereocenters. The summed E-state index contributed by atoms with van der Waals surface area (Å²) in [5.74, 6) is 1.19. The molecule has 2 N–H and O–H groups in total. The monoisotopic (exact) mass is 348 g/mol. The number of nitrogens with two attached hydrogens (primary N) is 1. The standard InChI is InChI=1S/C22H28N4/c1-2-17(19-12-14-21(23)25-16-19)8-5-3-4-6-10-20-13-11-18-9-7-15-24-22(18)26-20/h7,9,11-17H,2-6,8,10H2,1H3,(H2,23,25). The van der Waals surface area contributed by atoms with E-state index < -0.39 is 0 Å². The molecule has 136 valence electrons. The molecule has 0 aliphatic rings. The molecule has 0 radical (unpaired) electrons. The van der Waals surface area contributed by atoms with Gasteiger partial charge in [0.1, 0.15) is 5.82 Å². The van der Waals surface area contributed by atoms with Crippen molar-refractivity contribution < 1.29 is 0 Å². The summed E-state index contributed by atoms with van der Waals surface area (Å²) in [6.07, 6.45) is 12.1. The van der Waals surface area contributed by atoms with Gasteiger partial charge in [-0.15, -0.1) is 0 Å². The lowest BCUT2D eigenvalue weighted by Crippen LogP contribution is -2.00. The summed E-state index contributed by atoms with van der Waals surface area (Å²) in [5, 5.41) is 1.11. The molecule has 0 aliphatic carbocycles. The number of aryl methyl sites for hydroxylation is 1. The highest BCUT2D eigenvalue weighted by Gasteiger charge is 2.09. The zero-order valence-corrected chi connectivity index (χ0v) is 15.6. The average molecular weight is 348 g/mol. The topological polar surface area (TPSA) is 64.7 Å². The molecule has 3 heterocycles. The highest BCUT2D eigenvalue weighted by atomic mass is 14.8. The van der Waals surface area contributed by atoms with Gasteiger partial charge in [0, 0.05) is 23.5 Å². The van der Waals surface area contributed by atoms with Gasteiger partial charge < -0.3 is 5.73 Å². The van der Waals surface area contributed by atoms with E-state index in [0.29, 0.717) is 11.7 Å². The molecule has 1 atom stereocenters. The SMILES string of the molecule is CCC(CCCCCCc1ccc2cccnc2n1)c1ccc(N)nc1. The van der Waals surface area contributed by atoms with Crippen molar-refractivity contribution >= 4 is 16.9 Å². The largest absolute Gasteiger partial charge is 0.384 e. The number of hydrogen-bond donors (Lipinski definition) is 1. The number of rotatable bonds is 9. The second-order valence-electron chi connectivity index (χ2n) is 6.93. The first-order chi connectivity index (χ1) is 12.8. The van der Waals surface area contributed by atoms with Gasteiger partial charge in [-0.25, -0.2) is 15.0 Å². The van der Waals surface area contributed by atoms with Crippen LogP contribution in [-0.2, 0) is 6.42 Å². The summed E-state index contributed by atoms with van der Waals surface area (Å²) in [6, 6.07) is 12.3. The molecule has 0 aliphatic heterocycles. The Bertz CT molecular complexity index is 814. The van der Waals surface area contributed by atoms with Gasteiger partial charge in [0.05, 0.1) is 0 Å². The third-order valence-corrected chi connectivity index (χ3v) is 5.03. The summed E-state index contributed by atoms with van der Waals surface area (Å²) in [5.41, 5.74) is 9.00. The summed E-state index contributed by atoms with van der Waals surface area (Å²) in [6.45, 7) is 2.25. The van der Waals surface area contributed by atoms with E-state index in [4.69, 9.17) is 5.73 Å². The van der Waals surface area contributed by atoms with E-state index in [2.05, 4.69) is 46.1 Å². The number of unbranched alkanes of at least 4 members (excludes halogenated alkanes) is 3. The first kappa shape index (κ1) is 18.3. The van der Waals surface area contributed by atoms with E-state index in [1.165, 1.54) is 37.7 Å². The van der Waals surface area contributed by atoms with Gasteiger partial charge in [0.15, 0.2) is 5.65 Å². The van der Waals surface area contributed by atoms with E-state index in [1.807, 2.05) is 18.3 Å². The fourth-order valence-electron chi connectivity index (χ4n) is 3.45. The van der Waals surface area contributed by atoms with Crippen LogP contribution in [0.25, 0.3) is 11.0 Å². The van der Waals surface area contributed by atoms with Crippen molar-refractivity contribution in [3.05, 3.63) is 60.0 Å². The van der Waals surface area contributed by atoms with E-state index in [9.17, 15) is 0 Å². The number of aromatic nitrogens is 3. The number of hydrogen-bond acceptors (Lipinski definition) is 4. The molecule has 3 aromatic heterocycles. The van der Waals surface area contributed by atoms with Crippen molar-refractivity contribution in [2.75, 3.05) is 5.73 Å². The number of nitrogens with zero attached hydrogens (tertiary/aromatic N) is 3. The minimum Gasteiger partial charge on any atom is -0.384 e. The summed E-state index contributed by atoms with van der Waals surface area (Å²) in [7, 11) is 0. The van der Waals surface area contributed by atoms with Gasteiger partial charge in [0.25, 0.3) is 0 Å². The first-order valence-electron chi connectivity index (χ1n) is 9.68. The molecule has 4 nitrogen and oxygen atoms in total. The lowest BCUT2D eigenvalue weighted by molar-refractivity contribution is 0.535. The lowest BCUT2D eigenvalue weighted by Gasteiger charge is -2.15. The number of anilines is 1. The number of pyridine rings is 3. The fraction of sp³-hybridized carbons (Fsp3) is 0.409.